The second-order valence-corrected chi connectivity index (χ2v) is 5.92. The minimum absolute atomic E-state index is 0.00126. The first-order chi connectivity index (χ1) is 8.05. The molecule has 0 rings (SSSR count). The fourth-order valence-electron chi connectivity index (χ4n) is 1.41. The van der Waals surface area contributed by atoms with E-state index in [2.05, 4.69) is 5.32 Å². The Hall–Kier alpha value is -1.10. The van der Waals surface area contributed by atoms with Gasteiger partial charge in [0, 0.05) is 18.0 Å². The highest BCUT2D eigenvalue weighted by molar-refractivity contribution is 5.87. The zero-order chi connectivity index (χ0) is 14.5. The van der Waals surface area contributed by atoms with Gasteiger partial charge < -0.3 is 15.3 Å². The Labute approximate surface area is 110 Å². The molecule has 0 aromatic heterocycles. The Morgan fingerprint density at radius 2 is 1.72 bits per heavy atom. The van der Waals surface area contributed by atoms with Crippen molar-refractivity contribution in [3.63, 3.8) is 0 Å². The number of aliphatic hydroxyl groups excluding tert-OH is 1. The van der Waals surface area contributed by atoms with E-state index in [1.807, 2.05) is 13.8 Å². The van der Waals surface area contributed by atoms with E-state index in [1.165, 1.54) is 0 Å². The summed E-state index contributed by atoms with van der Waals surface area (Å²) in [6.45, 7) is 11.0. The van der Waals surface area contributed by atoms with E-state index in [9.17, 15) is 14.7 Å². The molecule has 1 atom stereocenters. The van der Waals surface area contributed by atoms with E-state index in [0.29, 0.717) is 0 Å². The summed E-state index contributed by atoms with van der Waals surface area (Å²) in [5.41, 5.74) is -0.507. The lowest BCUT2D eigenvalue weighted by molar-refractivity contribution is -0.137. The largest absolute Gasteiger partial charge is 0.392 e. The van der Waals surface area contributed by atoms with E-state index in [-0.39, 0.29) is 30.9 Å². The quantitative estimate of drug-likeness (QED) is 0.765. The van der Waals surface area contributed by atoms with E-state index in [0.717, 1.165) is 0 Å². The normalized spacial score (nSPS) is 13.3. The second kappa shape index (κ2) is 6.73. The minimum Gasteiger partial charge on any atom is -0.392 e. The molecule has 0 heterocycles. The van der Waals surface area contributed by atoms with Crippen molar-refractivity contribution in [2.45, 2.75) is 53.7 Å². The molecule has 106 valence electrons. The van der Waals surface area contributed by atoms with Crippen molar-refractivity contribution in [1.82, 2.24) is 10.2 Å². The highest BCUT2D eigenvalue weighted by Crippen LogP contribution is 2.12. The SMILES string of the molecule is CC(O)CN(C(=O)CNC(=O)C(C)(C)C)C(C)C. The maximum absolute atomic E-state index is 12.0. The van der Waals surface area contributed by atoms with Crippen LogP contribution in [0.5, 0.6) is 0 Å². The number of amides is 2. The molecular weight excluding hydrogens is 232 g/mol. The number of nitrogens with zero attached hydrogens (tertiary/aromatic N) is 1. The third kappa shape index (κ3) is 6.00. The maximum Gasteiger partial charge on any atom is 0.242 e. The van der Waals surface area contributed by atoms with Crippen molar-refractivity contribution < 1.29 is 14.7 Å². The number of carbonyl (C=O) groups is 2. The molecule has 0 radical (unpaired) electrons. The first-order valence-corrected chi connectivity index (χ1v) is 6.31. The molecule has 0 aromatic rings. The van der Waals surface area contributed by atoms with Crippen molar-refractivity contribution in [2.75, 3.05) is 13.1 Å². The highest BCUT2D eigenvalue weighted by Gasteiger charge is 2.24. The monoisotopic (exact) mass is 258 g/mol. The molecule has 0 aliphatic rings. The van der Waals surface area contributed by atoms with Gasteiger partial charge >= 0.3 is 0 Å². The van der Waals surface area contributed by atoms with Gasteiger partial charge in [-0.1, -0.05) is 20.8 Å². The Morgan fingerprint density at radius 3 is 2.06 bits per heavy atom. The molecule has 5 nitrogen and oxygen atoms in total. The van der Waals surface area contributed by atoms with Gasteiger partial charge in [0.15, 0.2) is 0 Å². The predicted molar refractivity (Wildman–Crippen MR) is 71.0 cm³/mol. The smallest absolute Gasteiger partial charge is 0.242 e. The van der Waals surface area contributed by atoms with E-state index >= 15 is 0 Å². The molecule has 0 aliphatic heterocycles. The first kappa shape index (κ1) is 16.9. The van der Waals surface area contributed by atoms with Crippen LogP contribution in [0, 0.1) is 5.41 Å². The van der Waals surface area contributed by atoms with Crippen LogP contribution in [-0.4, -0.2) is 47.1 Å². The maximum atomic E-state index is 12.0. The molecular formula is C13H26N2O3. The summed E-state index contributed by atoms with van der Waals surface area (Å²) in [5, 5.41) is 12.0. The molecule has 0 aliphatic carbocycles. The fourth-order valence-corrected chi connectivity index (χ4v) is 1.41. The fraction of sp³-hybridized carbons (Fsp3) is 0.846. The van der Waals surface area contributed by atoms with Gasteiger partial charge in [-0.2, -0.15) is 0 Å². The van der Waals surface area contributed by atoms with Gasteiger partial charge in [0.2, 0.25) is 11.8 Å². The molecule has 18 heavy (non-hydrogen) atoms. The van der Waals surface area contributed by atoms with E-state index in [1.54, 1.807) is 32.6 Å². The topological polar surface area (TPSA) is 69.6 Å². The Balaban J connectivity index is 4.41. The summed E-state index contributed by atoms with van der Waals surface area (Å²) in [6, 6.07) is -0.00126. The van der Waals surface area contributed by atoms with Crippen LogP contribution < -0.4 is 5.32 Å². The van der Waals surface area contributed by atoms with Crippen LogP contribution >= 0.6 is 0 Å². The summed E-state index contributed by atoms with van der Waals surface area (Å²) in [7, 11) is 0. The van der Waals surface area contributed by atoms with Gasteiger partial charge in [0.25, 0.3) is 0 Å². The lowest BCUT2D eigenvalue weighted by Crippen LogP contribution is -2.47. The van der Waals surface area contributed by atoms with Crippen molar-refractivity contribution in [3.8, 4) is 0 Å². The van der Waals surface area contributed by atoms with Crippen molar-refractivity contribution in [3.05, 3.63) is 0 Å². The molecule has 1 unspecified atom stereocenters. The second-order valence-electron chi connectivity index (χ2n) is 5.92. The van der Waals surface area contributed by atoms with Crippen LogP contribution in [0.25, 0.3) is 0 Å². The molecule has 2 amide bonds. The molecule has 0 bridgehead atoms. The third-order valence-electron chi connectivity index (χ3n) is 2.49. The summed E-state index contributed by atoms with van der Waals surface area (Å²) in [5.74, 6) is -0.333. The summed E-state index contributed by atoms with van der Waals surface area (Å²) in [6.07, 6.45) is -0.574. The van der Waals surface area contributed by atoms with Crippen molar-refractivity contribution in [1.29, 1.82) is 0 Å². The highest BCUT2D eigenvalue weighted by atomic mass is 16.3. The van der Waals surface area contributed by atoms with Crippen molar-refractivity contribution in [2.24, 2.45) is 5.41 Å². The lowest BCUT2D eigenvalue weighted by atomic mass is 9.96. The van der Waals surface area contributed by atoms with E-state index in [4.69, 9.17) is 0 Å². The van der Waals surface area contributed by atoms with Crippen molar-refractivity contribution >= 4 is 11.8 Å². The zero-order valence-electron chi connectivity index (χ0n) is 12.3. The van der Waals surface area contributed by atoms with Gasteiger partial charge in [-0.25, -0.2) is 0 Å². The van der Waals surface area contributed by atoms with Crippen LogP contribution in [-0.2, 0) is 9.59 Å². The van der Waals surface area contributed by atoms with Gasteiger partial charge in [-0.3, -0.25) is 9.59 Å². The molecule has 0 fully saturated rings. The van der Waals surface area contributed by atoms with Gasteiger partial charge in [0.05, 0.1) is 12.6 Å². The third-order valence-corrected chi connectivity index (χ3v) is 2.49. The molecule has 0 saturated heterocycles. The number of hydrogen-bond acceptors (Lipinski definition) is 3. The number of carbonyl (C=O) groups excluding carboxylic acids is 2. The zero-order valence-corrected chi connectivity index (χ0v) is 12.3. The Morgan fingerprint density at radius 1 is 1.22 bits per heavy atom. The number of nitrogens with one attached hydrogen (secondary N) is 1. The Kier molecular flexibility index (Phi) is 6.32. The summed E-state index contributed by atoms with van der Waals surface area (Å²) < 4.78 is 0. The van der Waals surface area contributed by atoms with Gasteiger partial charge in [-0.05, 0) is 20.8 Å². The Bertz CT molecular complexity index is 293. The summed E-state index contributed by atoms with van der Waals surface area (Å²) >= 11 is 0. The van der Waals surface area contributed by atoms with Crippen LogP contribution in [0.4, 0.5) is 0 Å². The van der Waals surface area contributed by atoms with Gasteiger partial charge in [0.1, 0.15) is 0 Å². The minimum atomic E-state index is -0.574. The average molecular weight is 258 g/mol. The van der Waals surface area contributed by atoms with Gasteiger partial charge in [-0.15, -0.1) is 0 Å². The van der Waals surface area contributed by atoms with Crippen LogP contribution in [0.1, 0.15) is 41.5 Å². The van der Waals surface area contributed by atoms with Crippen LogP contribution in [0.2, 0.25) is 0 Å². The number of hydrogen-bond donors (Lipinski definition) is 2. The predicted octanol–water partition coefficient (Wildman–Crippen LogP) is 0.766. The van der Waals surface area contributed by atoms with Crippen LogP contribution in [0.15, 0.2) is 0 Å². The average Bonchev–Trinajstić information content (AvgIpc) is 2.19. The molecule has 0 aromatic carbocycles. The first-order valence-electron chi connectivity index (χ1n) is 6.31. The molecule has 0 saturated carbocycles. The van der Waals surface area contributed by atoms with Crippen LogP contribution in [0.3, 0.4) is 0 Å². The molecule has 2 N–H and O–H groups in total. The standard InChI is InChI=1S/C13H26N2O3/c1-9(2)15(8-10(3)16)11(17)7-14-12(18)13(4,5)6/h9-10,16H,7-8H2,1-6H3,(H,14,18). The van der Waals surface area contributed by atoms with E-state index < -0.39 is 11.5 Å². The molecule has 0 spiro atoms. The number of aliphatic hydroxyl groups is 1. The lowest BCUT2D eigenvalue weighted by Gasteiger charge is -2.28. The summed E-state index contributed by atoms with van der Waals surface area (Å²) in [4.78, 5) is 25.2. The molecule has 5 heteroatoms. The number of rotatable bonds is 5.